The van der Waals surface area contributed by atoms with E-state index in [0.29, 0.717) is 0 Å². The van der Waals surface area contributed by atoms with E-state index in [2.05, 4.69) is 0 Å². The van der Waals surface area contributed by atoms with Crippen molar-refractivity contribution in [2.45, 2.75) is 59.2 Å². The van der Waals surface area contributed by atoms with E-state index in [1.807, 2.05) is 0 Å². The highest BCUT2D eigenvalue weighted by Crippen LogP contribution is 2.64. The van der Waals surface area contributed by atoms with Crippen molar-refractivity contribution in [3.8, 4) is 0 Å². The van der Waals surface area contributed by atoms with Gasteiger partial charge in [0.15, 0.2) is 0 Å². The Kier molecular flexibility index (Phi) is 10.9. The third-order valence-electron chi connectivity index (χ3n) is 4.54. The Morgan fingerprint density at radius 1 is 0.538 bits per heavy atom. The summed E-state index contributed by atoms with van der Waals surface area (Å²) in [6.45, 7) is -3.89. The van der Waals surface area contributed by atoms with Crippen LogP contribution in [-0.2, 0) is 10.0 Å². The molecule has 236 valence electrons. The highest BCUT2D eigenvalue weighted by atomic mass is 35.5. The van der Waals surface area contributed by atoms with Crippen molar-refractivity contribution < 1.29 is 93.3 Å². The monoisotopic (exact) mass is 683 g/mol. The summed E-state index contributed by atoms with van der Waals surface area (Å²) in [4.78, 5) is 0. The largest absolute Gasteiger partial charge is 0.460 e. The van der Waals surface area contributed by atoms with Crippen LogP contribution in [0, 0.1) is 0 Å². The Morgan fingerprint density at radius 2 is 0.795 bits per heavy atom. The first-order valence-corrected chi connectivity index (χ1v) is 11.5. The Balaban J connectivity index is 7.11. The number of sulfonamides is 1. The first kappa shape index (κ1) is 38.2. The van der Waals surface area contributed by atoms with Gasteiger partial charge < -0.3 is 10.2 Å². The fourth-order valence-corrected chi connectivity index (χ4v) is 4.02. The molecule has 5 nitrogen and oxygen atoms in total. The second-order valence-electron chi connectivity index (χ2n) is 7.40. The first-order chi connectivity index (χ1) is 16.8. The van der Waals surface area contributed by atoms with E-state index < -0.39 is 98.4 Å². The van der Waals surface area contributed by atoms with Crippen LogP contribution in [0.2, 0.25) is 0 Å². The standard InChI is InChI=1S/C14H12Cl2F17NO4S/c15-1-5(35)3-34(4-6(36)2-16)39(37,38)14(32,33)12(27,28)10(23,24)8(19,20)7(17,18)9(21,22)11(25,26)13(29,30)31/h5-6,35-36H,1-4H2. The van der Waals surface area contributed by atoms with E-state index in [0.717, 1.165) is 0 Å². The lowest BCUT2D eigenvalue weighted by Gasteiger charge is -2.43. The molecule has 0 aromatic carbocycles. The van der Waals surface area contributed by atoms with Crippen LogP contribution in [-0.4, -0.2) is 107 Å². The second kappa shape index (κ2) is 11.1. The van der Waals surface area contributed by atoms with Crippen LogP contribution in [0.25, 0.3) is 0 Å². The first-order valence-electron chi connectivity index (χ1n) is 9.00. The molecule has 0 bridgehead atoms. The molecule has 0 amide bonds. The van der Waals surface area contributed by atoms with Gasteiger partial charge in [0.2, 0.25) is 0 Å². The molecule has 2 unspecified atom stereocenters. The maximum atomic E-state index is 14.3. The van der Waals surface area contributed by atoms with Crippen molar-refractivity contribution >= 4 is 33.2 Å². The number of rotatable bonds is 14. The van der Waals surface area contributed by atoms with Gasteiger partial charge in [-0.15, -0.1) is 23.2 Å². The number of nitrogens with zero attached hydrogens (tertiary/aromatic N) is 1. The number of hydrogen-bond donors (Lipinski definition) is 2. The molecule has 0 aromatic rings. The van der Waals surface area contributed by atoms with E-state index in [1.54, 1.807) is 0 Å². The van der Waals surface area contributed by atoms with E-state index in [-0.39, 0.29) is 0 Å². The van der Waals surface area contributed by atoms with Gasteiger partial charge in [-0.25, -0.2) is 8.42 Å². The minimum atomic E-state index is -8.98. The van der Waals surface area contributed by atoms with E-state index >= 15 is 0 Å². The predicted molar refractivity (Wildman–Crippen MR) is 94.6 cm³/mol. The quantitative estimate of drug-likeness (QED) is 0.204. The van der Waals surface area contributed by atoms with Crippen molar-refractivity contribution in [1.29, 1.82) is 0 Å². The van der Waals surface area contributed by atoms with Crippen LogP contribution >= 0.6 is 23.2 Å². The van der Waals surface area contributed by atoms with Crippen LogP contribution < -0.4 is 0 Å². The lowest BCUT2D eigenvalue weighted by molar-refractivity contribution is -0.458. The van der Waals surface area contributed by atoms with Gasteiger partial charge >= 0.3 is 47.0 Å². The van der Waals surface area contributed by atoms with Crippen molar-refractivity contribution in [2.75, 3.05) is 24.8 Å². The fourth-order valence-electron chi connectivity index (χ4n) is 2.31. The van der Waals surface area contributed by atoms with E-state index in [9.17, 15) is 93.3 Å². The Morgan fingerprint density at radius 3 is 1.05 bits per heavy atom. The number of halogens is 19. The van der Waals surface area contributed by atoms with Gasteiger partial charge in [0.05, 0.1) is 12.2 Å². The number of aliphatic hydroxyl groups excluding tert-OH is 2. The fraction of sp³-hybridized carbons (Fsp3) is 1.00. The molecule has 0 radical (unpaired) electrons. The van der Waals surface area contributed by atoms with Crippen molar-refractivity contribution in [2.24, 2.45) is 0 Å². The molecule has 2 atom stereocenters. The molecule has 0 heterocycles. The molecule has 0 aromatic heterocycles. The SMILES string of the molecule is O=S(=O)(N(CC(O)CCl)CC(O)CCl)C(F)(F)C(F)(F)C(F)(F)C(F)(F)C(F)(F)C(F)(F)C(F)(F)C(F)(F)F. The number of aliphatic hydroxyl groups is 2. The molecule has 0 aliphatic carbocycles. The summed E-state index contributed by atoms with van der Waals surface area (Å²) in [7, 11) is -7.71. The molecule has 0 aliphatic heterocycles. The molecule has 0 saturated heterocycles. The molecular formula is C14H12Cl2F17NO4S. The van der Waals surface area contributed by atoms with Crippen molar-refractivity contribution in [1.82, 2.24) is 4.31 Å². The normalized spacial score (nSPS) is 17.5. The van der Waals surface area contributed by atoms with Crippen LogP contribution in [0.1, 0.15) is 0 Å². The summed E-state index contributed by atoms with van der Waals surface area (Å²) in [5, 5.41) is 10.7. The zero-order valence-corrected chi connectivity index (χ0v) is 20.1. The number of alkyl halides is 19. The smallest absolute Gasteiger partial charge is 0.391 e. The minimum absolute atomic E-state index is 1.16. The average molecular weight is 684 g/mol. The topological polar surface area (TPSA) is 77.8 Å². The lowest BCUT2D eigenvalue weighted by atomic mass is 9.91. The van der Waals surface area contributed by atoms with Crippen LogP contribution in [0.4, 0.5) is 74.6 Å². The van der Waals surface area contributed by atoms with Gasteiger partial charge in [-0.3, -0.25) is 0 Å². The lowest BCUT2D eigenvalue weighted by Crippen LogP contribution is -2.75. The van der Waals surface area contributed by atoms with Gasteiger partial charge in [0, 0.05) is 24.8 Å². The maximum Gasteiger partial charge on any atom is 0.460 e. The molecule has 39 heavy (non-hydrogen) atoms. The van der Waals surface area contributed by atoms with Gasteiger partial charge in [-0.1, -0.05) is 0 Å². The molecular weight excluding hydrogens is 672 g/mol. The average Bonchev–Trinajstić information content (AvgIpc) is 2.76. The molecule has 0 spiro atoms. The number of hydrogen-bond acceptors (Lipinski definition) is 4. The van der Waals surface area contributed by atoms with Gasteiger partial charge in [-0.05, 0) is 0 Å². The molecule has 0 rings (SSSR count). The van der Waals surface area contributed by atoms with Crippen LogP contribution in [0.5, 0.6) is 0 Å². The zero-order valence-electron chi connectivity index (χ0n) is 17.7. The summed E-state index contributed by atoms with van der Waals surface area (Å²) < 4.78 is 250. The van der Waals surface area contributed by atoms with Crippen molar-refractivity contribution in [3.63, 3.8) is 0 Å². The summed E-state index contributed by atoms with van der Waals surface area (Å²) in [5.41, 5.74) is 0. The third kappa shape index (κ3) is 5.80. The van der Waals surface area contributed by atoms with Crippen LogP contribution in [0.3, 0.4) is 0 Å². The summed E-state index contributed by atoms with van der Waals surface area (Å²) in [5.74, 6) is -54.7. The molecule has 0 saturated carbocycles. The van der Waals surface area contributed by atoms with E-state index in [1.165, 1.54) is 0 Å². The summed E-state index contributed by atoms with van der Waals surface area (Å²) in [6.07, 6.45) is -12.7. The molecule has 0 fully saturated rings. The highest BCUT2D eigenvalue weighted by molar-refractivity contribution is 7.90. The highest BCUT2D eigenvalue weighted by Gasteiger charge is 2.96. The van der Waals surface area contributed by atoms with Crippen molar-refractivity contribution in [3.05, 3.63) is 0 Å². The predicted octanol–water partition coefficient (Wildman–Crippen LogP) is 4.78. The zero-order chi connectivity index (χ0) is 32.1. The Labute approximate surface area is 215 Å². The molecule has 0 aliphatic rings. The minimum Gasteiger partial charge on any atom is -0.391 e. The van der Waals surface area contributed by atoms with Crippen LogP contribution in [0.15, 0.2) is 0 Å². The Bertz CT molecular complexity index is 948. The molecule has 2 N–H and O–H groups in total. The second-order valence-corrected chi connectivity index (χ2v) is 10.00. The molecule has 25 heteroatoms. The van der Waals surface area contributed by atoms with Gasteiger partial charge in [0.1, 0.15) is 0 Å². The van der Waals surface area contributed by atoms with E-state index in [4.69, 9.17) is 23.2 Å². The maximum absolute atomic E-state index is 14.3. The summed E-state index contributed by atoms with van der Waals surface area (Å²) >= 11 is 10.0. The third-order valence-corrected chi connectivity index (χ3v) is 7.14. The van der Waals surface area contributed by atoms with Gasteiger partial charge in [-0.2, -0.15) is 78.9 Å². The Hall–Kier alpha value is -0.780. The van der Waals surface area contributed by atoms with Gasteiger partial charge in [0.25, 0.3) is 10.0 Å². The summed E-state index contributed by atoms with van der Waals surface area (Å²) in [6, 6.07) is 0.